The van der Waals surface area contributed by atoms with Crippen LogP contribution < -0.4 is 35.3 Å². The van der Waals surface area contributed by atoms with Crippen molar-refractivity contribution in [3.63, 3.8) is 0 Å². The number of nitrogens with two attached hydrogens (primary N) is 1. The summed E-state index contributed by atoms with van der Waals surface area (Å²) >= 11 is 0. The van der Waals surface area contributed by atoms with Gasteiger partial charge in [0, 0.05) is 4.91 Å². The molecule has 0 aliphatic heterocycles. The number of phenols is 2. The Morgan fingerprint density at radius 3 is 1.70 bits per heavy atom. The van der Waals surface area contributed by atoms with E-state index in [-0.39, 0.29) is 58.0 Å². The first-order valence-electron chi connectivity index (χ1n) is 7.75. The van der Waals surface area contributed by atoms with Crippen LogP contribution in [0.25, 0.3) is 26.4 Å². The number of anilines is 1. The number of azide groups is 1. The maximum absolute atomic E-state index is 11.0. The quantitative estimate of drug-likeness (QED) is 0.0567. The van der Waals surface area contributed by atoms with E-state index in [1.807, 2.05) is 0 Å². The third-order valence-electron chi connectivity index (χ3n) is 3.00. The Morgan fingerprint density at radius 2 is 1.33 bits per heavy atom. The van der Waals surface area contributed by atoms with E-state index in [0.717, 1.165) is 0 Å². The number of hydrogen-bond acceptors (Lipinski definition) is 10. The molecule has 0 fully saturated rings. The number of phenolic OH excluding ortho intramolecular Hbond substituents is 2. The third-order valence-corrected chi connectivity index (χ3v) is 3.00. The summed E-state index contributed by atoms with van der Waals surface area (Å²) in [6.45, 7) is 0. The fourth-order valence-electron chi connectivity index (χ4n) is 1.70. The number of aromatic hydroxyl groups is 2. The standard InChI is InChI=1S/C8H7N3O3.C8H9NO3.N3.HNO2.Na/c1-14-8(13)5-2-3-7(12)6(4-5)10-11-9;1-12-8(11)5-2-3-7(10)6(9)4-5;1-3-2;2-1-3;/h2-4,12H,1H3;2-4,10H,9H2,1H3;;(H,2,3);/q;;-1;;+1. The number of nitrogens with zero attached hydrogens (tertiary/aromatic N) is 7. The molecule has 0 amide bonds. The number of carbonyl (C=O) groups excluding carboxylic acids is 2. The summed E-state index contributed by atoms with van der Waals surface area (Å²) < 4.78 is 8.91. The van der Waals surface area contributed by atoms with E-state index in [0.29, 0.717) is 5.56 Å². The average molecular weight is 472 g/mol. The molecule has 5 N–H and O–H groups in total. The van der Waals surface area contributed by atoms with E-state index in [2.05, 4.69) is 19.5 Å². The molecule has 33 heavy (non-hydrogen) atoms. The number of nitrogen functional groups attached to an aromatic ring is 1. The summed E-state index contributed by atoms with van der Waals surface area (Å²) in [4.78, 5) is 34.1. The van der Waals surface area contributed by atoms with Gasteiger partial charge < -0.3 is 41.7 Å². The van der Waals surface area contributed by atoms with Crippen LogP contribution in [-0.2, 0) is 9.47 Å². The molecular formula is C16H17N8NaO8. The van der Waals surface area contributed by atoms with Crippen LogP contribution in [0.15, 0.2) is 46.9 Å². The summed E-state index contributed by atoms with van der Waals surface area (Å²) in [5.74, 6) is -1.25. The predicted octanol–water partition coefficient (Wildman–Crippen LogP) is 0.894. The van der Waals surface area contributed by atoms with E-state index < -0.39 is 11.9 Å². The van der Waals surface area contributed by atoms with E-state index in [4.69, 9.17) is 37.5 Å². The first-order valence-corrected chi connectivity index (χ1v) is 7.75. The van der Waals surface area contributed by atoms with Gasteiger partial charge in [0.2, 0.25) is 0 Å². The van der Waals surface area contributed by atoms with Crippen LogP contribution in [0.4, 0.5) is 11.4 Å². The Morgan fingerprint density at radius 1 is 0.939 bits per heavy atom. The summed E-state index contributed by atoms with van der Waals surface area (Å²) in [6, 6.07) is 8.04. The summed E-state index contributed by atoms with van der Waals surface area (Å²) in [6.07, 6.45) is 0. The van der Waals surface area contributed by atoms with Crippen molar-refractivity contribution >= 4 is 23.3 Å². The summed E-state index contributed by atoms with van der Waals surface area (Å²) in [5.41, 5.74) is 27.7. The number of ether oxygens (including phenoxy) is 2. The van der Waals surface area contributed by atoms with Gasteiger partial charge in [-0.1, -0.05) is 5.11 Å². The van der Waals surface area contributed by atoms with Crippen LogP contribution in [0.1, 0.15) is 20.7 Å². The maximum Gasteiger partial charge on any atom is 1.00 e. The van der Waals surface area contributed by atoms with Gasteiger partial charge >= 0.3 is 41.5 Å². The molecule has 0 aliphatic carbocycles. The molecule has 17 heteroatoms. The van der Waals surface area contributed by atoms with Crippen LogP contribution >= 0.6 is 0 Å². The summed E-state index contributed by atoms with van der Waals surface area (Å²) in [5, 5.41) is 29.3. The van der Waals surface area contributed by atoms with Crippen molar-refractivity contribution < 1.29 is 64.0 Å². The Kier molecular flexibility index (Phi) is 20.0. The number of carbonyl (C=O) groups is 2. The molecule has 0 heterocycles. The number of hydrogen-bond donors (Lipinski definition) is 4. The van der Waals surface area contributed by atoms with Crippen molar-refractivity contribution in [1.82, 2.24) is 0 Å². The Balaban J connectivity index is -0.000000432. The minimum atomic E-state index is -0.556. The molecule has 0 radical (unpaired) electrons. The molecule has 2 rings (SSSR count). The zero-order valence-electron chi connectivity index (χ0n) is 17.6. The molecule has 0 saturated heterocycles. The SMILES string of the molecule is COC(=O)c1ccc(O)c(N)c1.COC(=O)c1ccc(O)c(N=[N+]=[N-])c1.O=NO.[N-]=[N+]=[N-].[Na+]. The van der Waals surface area contributed by atoms with Crippen molar-refractivity contribution in [3.8, 4) is 11.5 Å². The fourth-order valence-corrected chi connectivity index (χ4v) is 1.70. The number of methoxy groups -OCH3 is 2. The van der Waals surface area contributed by atoms with Gasteiger partial charge in [-0.3, -0.25) is 4.91 Å². The minimum Gasteiger partial charge on any atom is -0.507 e. The van der Waals surface area contributed by atoms with E-state index in [1.165, 1.54) is 60.9 Å². The van der Waals surface area contributed by atoms with Gasteiger partial charge in [0.15, 0.2) is 5.34 Å². The average Bonchev–Trinajstić information content (AvgIpc) is 2.77. The van der Waals surface area contributed by atoms with Crippen molar-refractivity contribution in [1.29, 1.82) is 0 Å². The van der Waals surface area contributed by atoms with Crippen LogP contribution in [0.5, 0.6) is 11.5 Å². The summed E-state index contributed by atoms with van der Waals surface area (Å²) in [7, 11) is 2.52. The molecule has 2 aromatic carbocycles. The van der Waals surface area contributed by atoms with E-state index in [9.17, 15) is 14.7 Å². The van der Waals surface area contributed by atoms with Crippen molar-refractivity contribution in [2.75, 3.05) is 20.0 Å². The number of esters is 2. The second-order valence-corrected chi connectivity index (χ2v) is 4.82. The van der Waals surface area contributed by atoms with Crippen LogP contribution in [0.3, 0.4) is 0 Å². The van der Waals surface area contributed by atoms with Crippen molar-refractivity contribution in [2.45, 2.75) is 0 Å². The number of rotatable bonds is 3. The fraction of sp³-hybridized carbons (Fsp3) is 0.125. The Hall–Kier alpha value is -4.20. The normalized spacial score (nSPS) is 7.82. The molecule has 0 bridgehead atoms. The molecule has 170 valence electrons. The van der Waals surface area contributed by atoms with Gasteiger partial charge in [-0.05, 0) is 41.9 Å². The number of benzene rings is 2. The topological polar surface area (TPSA) is 276 Å². The zero-order chi connectivity index (χ0) is 25.1. The first kappa shape index (κ1) is 33.4. The van der Waals surface area contributed by atoms with E-state index in [1.54, 1.807) is 0 Å². The van der Waals surface area contributed by atoms with E-state index >= 15 is 0 Å². The molecule has 0 saturated carbocycles. The van der Waals surface area contributed by atoms with Gasteiger partial charge in [0.05, 0.1) is 36.7 Å². The molecule has 0 atom stereocenters. The third kappa shape index (κ3) is 13.7. The monoisotopic (exact) mass is 472 g/mol. The van der Waals surface area contributed by atoms with Crippen molar-refractivity contribution in [2.24, 2.45) is 10.5 Å². The zero-order valence-corrected chi connectivity index (χ0v) is 19.6. The second kappa shape index (κ2) is 19.7. The predicted molar refractivity (Wildman–Crippen MR) is 110 cm³/mol. The van der Waals surface area contributed by atoms with Gasteiger partial charge in [-0.15, -0.1) is 4.91 Å². The minimum absolute atomic E-state index is 0. The van der Waals surface area contributed by atoms with Gasteiger partial charge in [-0.25, -0.2) is 9.59 Å². The largest absolute Gasteiger partial charge is 1.00 e. The first-order chi connectivity index (χ1) is 15.2. The maximum atomic E-state index is 11.0. The molecule has 2 aromatic rings. The smallest absolute Gasteiger partial charge is 0.507 e. The molecular weight excluding hydrogens is 455 g/mol. The van der Waals surface area contributed by atoms with Crippen molar-refractivity contribution in [3.05, 3.63) is 78.8 Å². The van der Waals surface area contributed by atoms with Gasteiger partial charge in [0.25, 0.3) is 0 Å². The Bertz CT molecular complexity index is 1010. The van der Waals surface area contributed by atoms with Gasteiger partial charge in [0.1, 0.15) is 11.5 Å². The molecule has 0 unspecified atom stereocenters. The molecule has 0 spiro atoms. The van der Waals surface area contributed by atoms with Crippen LogP contribution in [0.2, 0.25) is 0 Å². The van der Waals surface area contributed by atoms with Crippen LogP contribution in [-0.4, -0.2) is 41.6 Å². The van der Waals surface area contributed by atoms with Crippen LogP contribution in [0, 0.1) is 4.91 Å². The second-order valence-electron chi connectivity index (χ2n) is 4.82. The molecule has 0 aromatic heterocycles. The Labute approximate surface area is 207 Å². The molecule has 0 aliphatic rings. The van der Waals surface area contributed by atoms with Gasteiger partial charge in [-0.2, -0.15) is 0 Å². The molecule has 16 nitrogen and oxygen atoms in total.